The number of aromatic nitrogens is 1. The zero-order valence-corrected chi connectivity index (χ0v) is 9.09. The van der Waals surface area contributed by atoms with E-state index in [0.717, 1.165) is 0 Å². The summed E-state index contributed by atoms with van der Waals surface area (Å²) in [4.78, 5) is 14.9. The maximum atomic E-state index is 11.9. The lowest BCUT2D eigenvalue weighted by atomic mass is 10.3. The molecule has 0 saturated heterocycles. The van der Waals surface area contributed by atoms with Gasteiger partial charge in [0.25, 0.3) is 5.91 Å². The first-order valence-corrected chi connectivity index (χ1v) is 4.83. The van der Waals surface area contributed by atoms with Crippen molar-refractivity contribution < 1.29 is 23.1 Å². The lowest BCUT2D eigenvalue weighted by molar-refractivity contribution is -0.201. The van der Waals surface area contributed by atoms with Gasteiger partial charge in [0, 0.05) is 6.20 Å². The summed E-state index contributed by atoms with van der Waals surface area (Å²) in [5.41, 5.74) is -0.0798. The van der Waals surface area contributed by atoms with Crippen LogP contribution in [0.15, 0.2) is 18.3 Å². The molecule has 2 N–H and O–H groups in total. The first-order valence-electron chi connectivity index (χ1n) is 4.45. The van der Waals surface area contributed by atoms with Crippen LogP contribution in [0.4, 0.5) is 13.2 Å². The Bertz CT molecular complexity index is 394. The maximum absolute atomic E-state index is 11.9. The van der Waals surface area contributed by atoms with Crippen LogP contribution in [0.25, 0.3) is 0 Å². The summed E-state index contributed by atoms with van der Waals surface area (Å²) in [6, 6.07) is 2.64. The lowest BCUT2D eigenvalue weighted by Crippen LogP contribution is -2.40. The van der Waals surface area contributed by atoms with Gasteiger partial charge in [-0.05, 0) is 12.1 Å². The molecule has 1 atom stereocenters. The van der Waals surface area contributed by atoms with Crippen LogP contribution in [-0.2, 0) is 0 Å². The SMILES string of the molecule is O=C(NC[C@H](O)C(F)(F)F)c1ccc(Cl)cn1. The van der Waals surface area contributed by atoms with E-state index in [9.17, 15) is 18.0 Å². The summed E-state index contributed by atoms with van der Waals surface area (Å²) < 4.78 is 35.8. The minimum Gasteiger partial charge on any atom is -0.382 e. The molecule has 0 aliphatic heterocycles. The Labute approximate surface area is 99.4 Å². The Morgan fingerprint density at radius 1 is 1.53 bits per heavy atom. The van der Waals surface area contributed by atoms with Crippen molar-refractivity contribution in [2.75, 3.05) is 6.54 Å². The van der Waals surface area contributed by atoms with Crippen molar-refractivity contribution in [3.8, 4) is 0 Å². The molecule has 0 bridgehead atoms. The third-order valence-electron chi connectivity index (χ3n) is 1.79. The topological polar surface area (TPSA) is 62.2 Å². The molecule has 1 amide bonds. The summed E-state index contributed by atoms with van der Waals surface area (Å²) in [6.45, 7) is -0.924. The fourth-order valence-corrected chi connectivity index (χ4v) is 1.02. The van der Waals surface area contributed by atoms with Crippen molar-refractivity contribution in [1.29, 1.82) is 0 Å². The molecule has 0 fully saturated rings. The zero-order chi connectivity index (χ0) is 13.1. The van der Waals surface area contributed by atoms with Crippen molar-refractivity contribution in [2.45, 2.75) is 12.3 Å². The van der Waals surface area contributed by atoms with Gasteiger partial charge in [0.2, 0.25) is 0 Å². The van der Waals surface area contributed by atoms with Crippen LogP contribution in [0.5, 0.6) is 0 Å². The Morgan fingerprint density at radius 2 is 2.18 bits per heavy atom. The maximum Gasteiger partial charge on any atom is 0.416 e. The minimum atomic E-state index is -4.76. The number of alkyl halides is 3. The zero-order valence-electron chi connectivity index (χ0n) is 8.33. The van der Waals surface area contributed by atoms with Gasteiger partial charge in [-0.3, -0.25) is 4.79 Å². The molecule has 1 heterocycles. The normalized spacial score (nSPS) is 13.2. The highest BCUT2D eigenvalue weighted by Gasteiger charge is 2.38. The van der Waals surface area contributed by atoms with Crippen LogP contribution < -0.4 is 5.32 Å². The van der Waals surface area contributed by atoms with Gasteiger partial charge >= 0.3 is 6.18 Å². The fraction of sp³-hybridized carbons (Fsp3) is 0.333. The molecule has 1 aromatic heterocycles. The van der Waals surface area contributed by atoms with Crippen LogP contribution in [0.1, 0.15) is 10.5 Å². The molecule has 0 aliphatic rings. The molecule has 94 valence electrons. The second kappa shape index (κ2) is 5.33. The minimum absolute atomic E-state index is 0.0798. The van der Waals surface area contributed by atoms with Crippen molar-refractivity contribution in [3.63, 3.8) is 0 Å². The first-order chi connectivity index (χ1) is 7.80. The Hall–Kier alpha value is -1.34. The molecule has 1 rings (SSSR count). The van der Waals surface area contributed by atoms with E-state index in [1.165, 1.54) is 18.3 Å². The lowest BCUT2D eigenvalue weighted by Gasteiger charge is -2.14. The largest absolute Gasteiger partial charge is 0.416 e. The molecule has 0 radical (unpaired) electrons. The van der Waals surface area contributed by atoms with Crippen LogP contribution >= 0.6 is 11.6 Å². The molecule has 17 heavy (non-hydrogen) atoms. The van der Waals surface area contributed by atoms with E-state index in [2.05, 4.69) is 4.98 Å². The van der Waals surface area contributed by atoms with Gasteiger partial charge in [-0.25, -0.2) is 4.98 Å². The fourth-order valence-electron chi connectivity index (χ4n) is 0.906. The number of halogens is 4. The summed E-state index contributed by atoms with van der Waals surface area (Å²) in [7, 11) is 0. The van der Waals surface area contributed by atoms with E-state index in [1.54, 1.807) is 0 Å². The van der Waals surface area contributed by atoms with Crippen LogP contribution in [0, 0.1) is 0 Å². The third-order valence-corrected chi connectivity index (χ3v) is 2.02. The van der Waals surface area contributed by atoms with E-state index >= 15 is 0 Å². The molecular formula is C9H8ClF3N2O2. The van der Waals surface area contributed by atoms with Crippen molar-refractivity contribution in [3.05, 3.63) is 29.0 Å². The highest BCUT2D eigenvalue weighted by Crippen LogP contribution is 2.19. The summed E-state index contributed by atoms with van der Waals surface area (Å²) in [6.07, 6.45) is -6.17. The summed E-state index contributed by atoms with van der Waals surface area (Å²) >= 11 is 5.52. The second-order valence-electron chi connectivity index (χ2n) is 3.13. The van der Waals surface area contributed by atoms with Gasteiger partial charge in [-0.1, -0.05) is 11.6 Å². The highest BCUT2D eigenvalue weighted by atomic mass is 35.5. The van der Waals surface area contributed by atoms with Crippen LogP contribution in [0.2, 0.25) is 5.02 Å². The smallest absolute Gasteiger partial charge is 0.382 e. The van der Waals surface area contributed by atoms with E-state index in [0.29, 0.717) is 5.02 Å². The Morgan fingerprint density at radius 3 is 2.65 bits per heavy atom. The standard InChI is InChI=1S/C9H8ClF3N2O2/c10-5-1-2-6(14-3-5)8(17)15-4-7(16)9(11,12)13/h1-3,7,16H,4H2,(H,15,17)/t7-/m0/s1. The van der Waals surface area contributed by atoms with Crippen LogP contribution in [0.3, 0.4) is 0 Å². The molecule has 0 spiro atoms. The average Bonchev–Trinajstić information content (AvgIpc) is 2.25. The van der Waals surface area contributed by atoms with E-state index in [-0.39, 0.29) is 5.69 Å². The molecule has 0 aliphatic carbocycles. The number of aliphatic hydroxyl groups is 1. The summed E-state index contributed by atoms with van der Waals surface area (Å²) in [5.74, 6) is -0.815. The monoisotopic (exact) mass is 268 g/mol. The number of carbonyl (C=O) groups is 1. The molecule has 0 aromatic carbocycles. The van der Waals surface area contributed by atoms with Gasteiger partial charge in [-0.2, -0.15) is 13.2 Å². The number of nitrogens with zero attached hydrogens (tertiary/aromatic N) is 1. The van der Waals surface area contributed by atoms with Gasteiger partial charge in [0.05, 0.1) is 11.6 Å². The molecule has 0 unspecified atom stereocenters. The molecule has 4 nitrogen and oxygen atoms in total. The van der Waals surface area contributed by atoms with Crippen molar-refractivity contribution >= 4 is 17.5 Å². The Balaban J connectivity index is 2.53. The highest BCUT2D eigenvalue weighted by molar-refractivity contribution is 6.30. The molecular weight excluding hydrogens is 261 g/mol. The van der Waals surface area contributed by atoms with Gasteiger partial charge in [0.1, 0.15) is 5.69 Å². The number of aliphatic hydroxyl groups excluding tert-OH is 1. The average molecular weight is 269 g/mol. The number of hydrogen-bond donors (Lipinski definition) is 2. The number of amides is 1. The summed E-state index contributed by atoms with van der Waals surface area (Å²) in [5, 5.41) is 10.9. The number of rotatable bonds is 3. The van der Waals surface area contributed by atoms with Crippen LogP contribution in [-0.4, -0.2) is 34.8 Å². The van der Waals surface area contributed by atoms with Crippen molar-refractivity contribution in [2.24, 2.45) is 0 Å². The van der Waals surface area contributed by atoms with Crippen molar-refractivity contribution in [1.82, 2.24) is 10.3 Å². The first kappa shape index (κ1) is 13.7. The van der Waals surface area contributed by atoms with Gasteiger partial charge in [0.15, 0.2) is 6.10 Å². The third kappa shape index (κ3) is 4.20. The van der Waals surface area contributed by atoms with Gasteiger partial charge < -0.3 is 10.4 Å². The molecule has 8 heteroatoms. The quantitative estimate of drug-likeness (QED) is 0.871. The number of hydrogen-bond acceptors (Lipinski definition) is 3. The number of nitrogens with one attached hydrogen (secondary N) is 1. The van der Waals surface area contributed by atoms with Gasteiger partial charge in [-0.15, -0.1) is 0 Å². The van der Waals surface area contributed by atoms with E-state index < -0.39 is 24.7 Å². The molecule has 0 saturated carbocycles. The van der Waals surface area contributed by atoms with E-state index in [1.807, 2.05) is 5.32 Å². The van der Waals surface area contributed by atoms with E-state index in [4.69, 9.17) is 16.7 Å². The number of pyridine rings is 1. The second-order valence-corrected chi connectivity index (χ2v) is 3.57. The Kier molecular flexibility index (Phi) is 4.30. The predicted molar refractivity (Wildman–Crippen MR) is 53.6 cm³/mol. The molecule has 1 aromatic rings. The number of carbonyl (C=O) groups excluding carboxylic acids is 1. The predicted octanol–water partition coefficient (Wildman–Crippen LogP) is 1.39.